The molecule has 0 saturated carbocycles. The molecule has 8 heteroatoms. The number of aryl methyl sites for hydroxylation is 1. The Morgan fingerprint density at radius 2 is 1.80 bits per heavy atom. The number of hydrogen-bond donors (Lipinski definition) is 0. The molecule has 1 fully saturated rings. The van der Waals surface area contributed by atoms with Gasteiger partial charge >= 0.3 is 0 Å². The van der Waals surface area contributed by atoms with E-state index in [0.717, 1.165) is 91.9 Å². The molecule has 2 unspecified atom stereocenters. The summed E-state index contributed by atoms with van der Waals surface area (Å²) in [4.78, 5) is 19.5. The van der Waals surface area contributed by atoms with Gasteiger partial charge < -0.3 is 14.5 Å². The molecule has 0 aromatic heterocycles. The molecule has 2 atom stereocenters. The Labute approximate surface area is 275 Å². The topological polar surface area (TPSA) is 49.9 Å². The first kappa shape index (κ1) is 33.0. The van der Waals surface area contributed by atoms with E-state index in [0.29, 0.717) is 22.5 Å². The minimum absolute atomic E-state index is 0.0531. The van der Waals surface area contributed by atoms with Crippen molar-refractivity contribution in [2.75, 3.05) is 46.6 Å². The molecule has 2 aliphatic rings. The predicted octanol–water partition coefficient (Wildman–Crippen LogP) is 8.05. The van der Waals surface area contributed by atoms with Crippen LogP contribution in [0.2, 0.25) is 10.0 Å². The van der Waals surface area contributed by atoms with E-state index in [1.807, 2.05) is 49.2 Å². The lowest BCUT2D eigenvalue weighted by molar-refractivity contribution is 0.0779. The van der Waals surface area contributed by atoms with Crippen LogP contribution in [0.25, 0.3) is 0 Å². The normalized spacial score (nSPS) is 17.1. The summed E-state index contributed by atoms with van der Waals surface area (Å²) < 4.78 is 18.0. The minimum atomic E-state index is -0.987. The van der Waals surface area contributed by atoms with Crippen LogP contribution in [0.3, 0.4) is 0 Å². The van der Waals surface area contributed by atoms with Gasteiger partial charge in [-0.2, -0.15) is 0 Å². The van der Waals surface area contributed by atoms with Gasteiger partial charge in [0.15, 0.2) is 0 Å². The smallest absolute Gasteiger partial charge is 0.254 e. The third-order valence-corrected chi connectivity index (χ3v) is 11.3. The highest BCUT2D eigenvalue weighted by atomic mass is 35.5. The third kappa shape index (κ3) is 7.36. The van der Waals surface area contributed by atoms with E-state index >= 15 is 0 Å². The number of methoxy groups -OCH3 is 1. The Morgan fingerprint density at radius 1 is 1.07 bits per heavy atom. The molecule has 44 heavy (non-hydrogen) atoms. The molecule has 3 aromatic rings. The average molecular weight is 656 g/mol. The summed E-state index contributed by atoms with van der Waals surface area (Å²) in [6.45, 7) is 5.50. The molecule has 5 nitrogen and oxygen atoms in total. The molecule has 1 aliphatic heterocycles. The van der Waals surface area contributed by atoms with Crippen molar-refractivity contribution >= 4 is 39.9 Å². The molecule has 0 N–H and O–H groups in total. The summed E-state index contributed by atoms with van der Waals surface area (Å²) in [5.74, 6) is 1.37. The molecule has 0 radical (unpaired) electrons. The maximum atomic E-state index is 14.1. The van der Waals surface area contributed by atoms with E-state index < -0.39 is 10.8 Å². The van der Waals surface area contributed by atoms with Gasteiger partial charge in [-0.1, -0.05) is 47.5 Å². The predicted molar refractivity (Wildman–Crippen MR) is 182 cm³/mol. The zero-order valence-corrected chi connectivity index (χ0v) is 28.7. The first-order valence-corrected chi connectivity index (χ1v) is 18.0. The van der Waals surface area contributed by atoms with E-state index in [1.165, 1.54) is 16.7 Å². The van der Waals surface area contributed by atoms with Crippen LogP contribution in [0.1, 0.15) is 82.1 Å². The third-order valence-electron chi connectivity index (χ3n) is 9.60. The van der Waals surface area contributed by atoms with Crippen molar-refractivity contribution in [1.82, 2.24) is 9.80 Å². The number of amides is 1. The second-order valence-corrected chi connectivity index (χ2v) is 14.5. The highest BCUT2D eigenvalue weighted by Gasteiger charge is 2.28. The van der Waals surface area contributed by atoms with Crippen molar-refractivity contribution in [3.05, 3.63) is 92.0 Å². The zero-order chi connectivity index (χ0) is 31.4. The Balaban J connectivity index is 1.31. The molecular formula is C36H44Cl2N2O3S. The molecule has 1 heterocycles. The van der Waals surface area contributed by atoms with E-state index in [-0.39, 0.29) is 11.8 Å². The van der Waals surface area contributed by atoms with Gasteiger partial charge in [-0.25, -0.2) is 0 Å². The Kier molecular flexibility index (Phi) is 11.1. The van der Waals surface area contributed by atoms with Gasteiger partial charge in [0, 0.05) is 41.8 Å². The number of likely N-dealkylation sites (tertiary alicyclic amines) is 1. The molecule has 3 aromatic carbocycles. The highest BCUT2D eigenvalue weighted by molar-refractivity contribution is 7.84. The van der Waals surface area contributed by atoms with Gasteiger partial charge in [0.1, 0.15) is 5.75 Å². The summed E-state index contributed by atoms with van der Waals surface area (Å²) in [6.07, 6.45) is 8.92. The first-order valence-electron chi connectivity index (χ1n) is 15.7. The number of fused-ring (bicyclic) bond motifs is 1. The number of benzene rings is 3. The number of nitrogens with zero attached hydrogens (tertiary/aromatic N) is 2. The molecule has 1 aliphatic carbocycles. The van der Waals surface area contributed by atoms with Crippen molar-refractivity contribution in [2.45, 2.75) is 68.6 Å². The molecule has 0 bridgehead atoms. The summed E-state index contributed by atoms with van der Waals surface area (Å²) in [6, 6.07) is 16.2. The average Bonchev–Trinajstić information content (AvgIpc) is 3.04. The quantitative estimate of drug-likeness (QED) is 0.222. The molecule has 0 spiro atoms. The summed E-state index contributed by atoms with van der Waals surface area (Å²) in [5, 5.41) is 1.07. The largest absolute Gasteiger partial charge is 0.496 e. The van der Waals surface area contributed by atoms with Crippen molar-refractivity contribution in [2.24, 2.45) is 0 Å². The number of likely N-dealkylation sites (N-methyl/N-ethyl adjacent to an activating group) is 1. The van der Waals surface area contributed by atoms with Crippen molar-refractivity contribution in [1.29, 1.82) is 0 Å². The number of ether oxygens (including phenoxy) is 1. The number of hydrogen-bond acceptors (Lipinski definition) is 4. The van der Waals surface area contributed by atoms with Crippen LogP contribution in [0.5, 0.6) is 5.75 Å². The number of rotatable bonds is 10. The number of halogens is 2. The zero-order valence-electron chi connectivity index (χ0n) is 26.3. The molecule has 5 rings (SSSR count). The monoisotopic (exact) mass is 654 g/mol. The summed E-state index contributed by atoms with van der Waals surface area (Å²) >= 11 is 12.8. The van der Waals surface area contributed by atoms with E-state index in [2.05, 4.69) is 23.1 Å². The van der Waals surface area contributed by atoms with Gasteiger partial charge in [0.2, 0.25) is 0 Å². The van der Waals surface area contributed by atoms with Crippen LogP contribution >= 0.6 is 23.2 Å². The van der Waals surface area contributed by atoms with Crippen molar-refractivity contribution < 1.29 is 13.7 Å². The molecule has 1 amide bonds. The maximum absolute atomic E-state index is 14.1. The number of piperidine rings is 1. The fraction of sp³-hybridized carbons (Fsp3) is 0.472. The van der Waals surface area contributed by atoms with Gasteiger partial charge in [-0.15, -0.1) is 0 Å². The Morgan fingerprint density at radius 3 is 2.50 bits per heavy atom. The first-order chi connectivity index (χ1) is 21.2. The van der Waals surface area contributed by atoms with Crippen LogP contribution in [-0.2, 0) is 23.6 Å². The fourth-order valence-electron chi connectivity index (χ4n) is 7.11. The van der Waals surface area contributed by atoms with Gasteiger partial charge in [0.25, 0.3) is 5.91 Å². The Bertz CT molecular complexity index is 1520. The second-order valence-electron chi connectivity index (χ2n) is 12.4. The molecule has 1 saturated heterocycles. The number of carbonyl (C=O) groups excluding carboxylic acids is 1. The lowest BCUT2D eigenvalue weighted by atomic mass is 9.85. The van der Waals surface area contributed by atoms with Crippen LogP contribution in [0.4, 0.5) is 0 Å². The van der Waals surface area contributed by atoms with E-state index in [4.69, 9.17) is 27.9 Å². The van der Waals surface area contributed by atoms with Crippen LogP contribution in [0, 0.1) is 6.92 Å². The summed E-state index contributed by atoms with van der Waals surface area (Å²) in [7, 11) is 2.61. The second kappa shape index (κ2) is 14.8. The lowest BCUT2D eigenvalue weighted by Gasteiger charge is -2.34. The van der Waals surface area contributed by atoms with Gasteiger partial charge in [0.05, 0.1) is 28.0 Å². The van der Waals surface area contributed by atoms with Gasteiger partial charge in [-0.05, 0) is 124 Å². The van der Waals surface area contributed by atoms with Crippen molar-refractivity contribution in [3.8, 4) is 5.75 Å². The minimum Gasteiger partial charge on any atom is -0.496 e. The molecular weight excluding hydrogens is 611 g/mol. The lowest BCUT2D eigenvalue weighted by Crippen LogP contribution is -2.37. The standard InChI is InChI=1S/C36H44Cl2N2O3S/c1-24-33(43-3)22-27-9-5-6-11-30(27)35(24)36(41)39(2)23-28(26-13-14-31(37)32(38)21-26)17-20-40-18-15-25(16-19-40)29-10-7-8-12-34(29)44(4)42/h7-8,10,12-14,21-22,25,28H,5-6,9,11,15-20,23H2,1-4H3. The van der Waals surface area contributed by atoms with E-state index in [9.17, 15) is 9.00 Å². The van der Waals surface area contributed by atoms with Crippen molar-refractivity contribution in [3.63, 3.8) is 0 Å². The van der Waals surface area contributed by atoms with Crippen LogP contribution < -0.4 is 4.74 Å². The van der Waals surface area contributed by atoms with Gasteiger partial charge in [-0.3, -0.25) is 9.00 Å². The highest BCUT2D eigenvalue weighted by Crippen LogP contribution is 2.36. The molecule has 236 valence electrons. The van der Waals surface area contributed by atoms with E-state index in [1.54, 1.807) is 13.4 Å². The van der Waals surface area contributed by atoms with Crippen LogP contribution in [-0.4, -0.2) is 66.5 Å². The summed E-state index contributed by atoms with van der Waals surface area (Å²) in [5.41, 5.74) is 6.49. The number of carbonyl (C=O) groups is 1. The maximum Gasteiger partial charge on any atom is 0.254 e. The van der Waals surface area contributed by atoms with Crippen LogP contribution in [0.15, 0.2) is 53.4 Å². The Hall–Kier alpha value is -2.38. The fourth-order valence-corrected chi connectivity index (χ4v) is 8.25. The SMILES string of the molecule is COc1cc2c(c(C(=O)N(C)CC(CCN3CCC(c4ccccc4S(C)=O)CC3)c3ccc(Cl)c(Cl)c3)c1C)CCCC2.